The third kappa shape index (κ3) is 28.1. The van der Waals surface area contributed by atoms with E-state index in [4.69, 9.17) is 61.6 Å². The van der Waals surface area contributed by atoms with Crippen LogP contribution >= 0.6 is 0 Å². The molecule has 0 aromatic carbocycles. The van der Waals surface area contributed by atoms with E-state index < -0.39 is 108 Å². The number of aliphatic hydroxyl groups is 2. The minimum absolute atomic E-state index is 0.00169. The van der Waals surface area contributed by atoms with Gasteiger partial charge in [-0.3, -0.25) is 14.4 Å². The first-order valence-electron chi connectivity index (χ1n) is 33.7. The predicted molar refractivity (Wildman–Crippen MR) is 347 cm³/mol. The van der Waals surface area contributed by atoms with Gasteiger partial charge in [0.15, 0.2) is 5.78 Å². The molecule has 16 atom stereocenters. The van der Waals surface area contributed by atoms with Gasteiger partial charge in [0, 0.05) is 70.2 Å². The Hall–Kier alpha value is -4.70. The van der Waals surface area contributed by atoms with E-state index in [2.05, 4.69) is 15.3 Å². The number of Topliss-reactive ketones (excluding diaryl/α,β-unsaturated/α-hetero) is 2. The number of rotatable bonds is 30. The van der Waals surface area contributed by atoms with E-state index >= 15 is 0 Å². The molecular weight excluding hydrogens is 1210 g/mol. The van der Waals surface area contributed by atoms with Gasteiger partial charge >= 0.3 is 12.1 Å². The maximum Gasteiger partial charge on any atom is 0.407 e. The van der Waals surface area contributed by atoms with Crippen molar-refractivity contribution in [3.05, 3.63) is 58.0 Å². The number of alkyl carbamates (subject to hydrolysis) is 1. The molecule has 4 aliphatic rings. The highest BCUT2D eigenvalue weighted by Crippen LogP contribution is 2.39. The molecule has 4 rings (SSSR count). The summed E-state index contributed by atoms with van der Waals surface area (Å²) in [4.78, 5) is 75.3. The van der Waals surface area contributed by atoms with Crippen molar-refractivity contribution < 1.29 is 95.8 Å². The number of ether oxygens (including phenoxy) is 13. The molecule has 25 nitrogen and oxygen atoms in total. The highest BCUT2D eigenvalue weighted by molar-refractivity contribution is 6.39. The molecule has 2 bridgehead atoms. The second-order valence-electron chi connectivity index (χ2n) is 25.2. The third-order valence-corrected chi connectivity index (χ3v) is 18.0. The van der Waals surface area contributed by atoms with E-state index in [9.17, 15) is 39.7 Å². The number of carbonyl (C=O) groups excluding carboxylic acids is 5. The average Bonchev–Trinajstić information content (AvgIpc) is 0.799. The lowest BCUT2D eigenvalue weighted by Crippen LogP contribution is -2.61. The van der Waals surface area contributed by atoms with E-state index in [0.29, 0.717) is 156 Å². The molecule has 530 valence electrons. The summed E-state index contributed by atoms with van der Waals surface area (Å²) in [6.07, 6.45) is 10.2. The molecular formula is C68H113N5O20. The van der Waals surface area contributed by atoms with Gasteiger partial charge in [-0.2, -0.15) is 0 Å². The number of piperidine rings is 1. The Kier molecular flexibility index (Phi) is 39.0. The molecule has 1 saturated carbocycles. The first kappa shape index (κ1) is 80.7. The van der Waals surface area contributed by atoms with E-state index in [-0.39, 0.29) is 50.2 Å². The number of allylic oxidation sites excluding steroid dienone is 5. The van der Waals surface area contributed by atoms with Crippen LogP contribution in [0.4, 0.5) is 4.79 Å². The number of ketones is 2. The van der Waals surface area contributed by atoms with Crippen LogP contribution in [0.2, 0.25) is 0 Å². The molecule has 2 amide bonds. The topological polar surface area (TPSA) is 310 Å². The van der Waals surface area contributed by atoms with Crippen LogP contribution in [0.1, 0.15) is 132 Å². The fourth-order valence-electron chi connectivity index (χ4n) is 12.5. The quantitative estimate of drug-likeness (QED) is 0.0116. The zero-order valence-corrected chi connectivity index (χ0v) is 57.5. The van der Waals surface area contributed by atoms with Crippen molar-refractivity contribution in [1.82, 2.24) is 10.2 Å². The maximum atomic E-state index is 14.8. The standard InChI is InChI=1S/C68H113N5O20/c1-12-84-28-29-86-32-33-88-36-37-90-39-38-89-35-34-87-31-30-85-27-25-70-67(79)92-57-24-22-53(43-60(57)82-10)42-49(5)59-45-55(71-72-69)48(4)41-51(7)62(75)63(83-11)61(74)50(6)40-46(2)18-14-13-15-19-47(3)58(81-9)44-54-23-21-52(8)68(80,93-54)64(76)65(77)73-26-17-16-20-56(73)66(78)91-59/h13-15,18-19,41,46,48-50,52-60,62-63,75,80H,12,16-17,20-40,42-45H2,1-11H3,(H,70,79)/b15-13+,18-14+,47-19+,51-41+/t46?,48-,49-,50?,52-,53+,54+,55+,56+,57-,58?,59+,60-,62-,63+,68-/m1/s1. The Bertz CT molecular complexity index is 2390. The van der Waals surface area contributed by atoms with Crippen LogP contribution in [0.25, 0.3) is 10.4 Å². The molecule has 3 unspecified atom stereocenters. The van der Waals surface area contributed by atoms with Crippen LogP contribution in [-0.2, 0) is 80.8 Å². The molecule has 3 heterocycles. The molecule has 1 aliphatic carbocycles. The van der Waals surface area contributed by atoms with Gasteiger partial charge in [0.05, 0.1) is 104 Å². The summed E-state index contributed by atoms with van der Waals surface area (Å²) in [5.41, 5.74) is 11.3. The molecule has 93 heavy (non-hydrogen) atoms. The van der Waals surface area contributed by atoms with Gasteiger partial charge in [-0.1, -0.05) is 76.2 Å². The van der Waals surface area contributed by atoms with Gasteiger partial charge < -0.3 is 82.0 Å². The lowest BCUT2D eigenvalue weighted by molar-refractivity contribution is -0.265. The van der Waals surface area contributed by atoms with Gasteiger partial charge in [-0.15, -0.1) is 0 Å². The molecule has 3 fully saturated rings. The van der Waals surface area contributed by atoms with Crippen molar-refractivity contribution in [2.24, 2.45) is 40.6 Å². The summed E-state index contributed by atoms with van der Waals surface area (Å²) < 4.78 is 74.4. The smallest absolute Gasteiger partial charge is 0.407 e. The van der Waals surface area contributed by atoms with Crippen molar-refractivity contribution in [3.8, 4) is 0 Å². The number of fused-ring (bicyclic) bond motifs is 3. The Morgan fingerprint density at radius 1 is 0.753 bits per heavy atom. The number of amides is 2. The van der Waals surface area contributed by atoms with E-state index in [0.717, 1.165) is 5.57 Å². The lowest BCUT2D eigenvalue weighted by Gasteiger charge is -2.43. The third-order valence-electron chi connectivity index (χ3n) is 18.0. The zero-order valence-electron chi connectivity index (χ0n) is 57.5. The second kappa shape index (κ2) is 44.9. The number of hydrogen-bond acceptors (Lipinski definition) is 21. The van der Waals surface area contributed by atoms with Gasteiger partial charge in [0.1, 0.15) is 30.5 Å². The highest BCUT2D eigenvalue weighted by Gasteiger charge is 2.53. The molecule has 0 aromatic heterocycles. The van der Waals surface area contributed by atoms with Gasteiger partial charge in [-0.25, -0.2) is 9.59 Å². The monoisotopic (exact) mass is 1320 g/mol. The van der Waals surface area contributed by atoms with Crippen LogP contribution < -0.4 is 5.32 Å². The summed E-state index contributed by atoms with van der Waals surface area (Å²) in [7, 11) is 4.52. The Morgan fingerprint density at radius 2 is 1.38 bits per heavy atom. The van der Waals surface area contributed by atoms with Crippen molar-refractivity contribution in [2.45, 2.75) is 193 Å². The van der Waals surface area contributed by atoms with Gasteiger partial charge in [-0.05, 0) is 132 Å². The fourth-order valence-corrected chi connectivity index (χ4v) is 12.5. The number of aliphatic hydroxyl groups excluding tert-OH is 1. The predicted octanol–water partition coefficient (Wildman–Crippen LogP) is 8.16. The summed E-state index contributed by atoms with van der Waals surface area (Å²) >= 11 is 0. The Balaban J connectivity index is 1.42. The maximum absolute atomic E-state index is 14.8. The number of cyclic esters (lactones) is 1. The SMILES string of the molecule is CCOCCOCCOCCOCCOCCOCCOCCNC(=O)O[C@@H]1CC[C@@H](C[C@@H](C)[C@@H]2C[C@H](N=[N+]=[N-])[C@H](C)/C=C(\C)[C@@H](O)[C@@H](OC)C(=O)C(C)CC(C)/C=C/C=C/C=C(\C)C(OC)C[C@@H]3CC[C@@H](C)[C@@](O)(O3)C(=O)C(=O)N3CCCC[C@H]3C(=O)O2)C[C@H]1OC. The zero-order chi connectivity index (χ0) is 68.1. The summed E-state index contributed by atoms with van der Waals surface area (Å²) in [5, 5.41) is 30.8. The van der Waals surface area contributed by atoms with Crippen LogP contribution in [-0.4, -0.2) is 232 Å². The first-order valence-corrected chi connectivity index (χ1v) is 33.7. The first-order chi connectivity index (χ1) is 44.7. The van der Waals surface area contributed by atoms with Crippen molar-refractivity contribution in [2.75, 3.05) is 127 Å². The van der Waals surface area contributed by atoms with Crippen molar-refractivity contribution in [3.63, 3.8) is 0 Å². The number of azide groups is 1. The minimum Gasteiger partial charge on any atom is -0.461 e. The summed E-state index contributed by atoms with van der Waals surface area (Å²) in [6, 6.07) is -2.04. The molecule has 3 N–H and O–H groups in total. The molecule has 2 saturated heterocycles. The number of hydrogen-bond donors (Lipinski definition) is 3. The minimum atomic E-state index is -2.47. The largest absolute Gasteiger partial charge is 0.461 e. The van der Waals surface area contributed by atoms with Crippen LogP contribution in [0.15, 0.2) is 52.7 Å². The summed E-state index contributed by atoms with van der Waals surface area (Å²) in [5.74, 6) is -7.90. The Morgan fingerprint density at radius 3 is 1.97 bits per heavy atom. The van der Waals surface area contributed by atoms with Crippen LogP contribution in [0.3, 0.4) is 0 Å². The molecule has 3 aliphatic heterocycles. The van der Waals surface area contributed by atoms with Crippen LogP contribution in [0, 0.1) is 35.5 Å². The molecule has 0 radical (unpaired) electrons. The average molecular weight is 1320 g/mol. The number of methoxy groups -OCH3 is 3. The number of carbonyl (C=O) groups is 5. The van der Waals surface area contributed by atoms with Gasteiger partial charge in [0.25, 0.3) is 11.7 Å². The lowest BCUT2D eigenvalue weighted by atomic mass is 9.78. The van der Waals surface area contributed by atoms with Gasteiger partial charge in [0.2, 0.25) is 5.79 Å². The van der Waals surface area contributed by atoms with E-state index in [1.165, 1.54) is 12.0 Å². The Labute approximate surface area is 552 Å². The van der Waals surface area contributed by atoms with Crippen molar-refractivity contribution >= 4 is 29.5 Å². The second-order valence-corrected chi connectivity index (χ2v) is 25.2. The fraction of sp³-hybridized carbons (Fsp3) is 0.809. The molecule has 0 aromatic rings. The number of esters is 1. The summed E-state index contributed by atoms with van der Waals surface area (Å²) in [6.45, 7) is 21.4. The molecule has 0 spiro atoms. The van der Waals surface area contributed by atoms with E-state index in [1.54, 1.807) is 34.1 Å². The normalized spacial score (nSPS) is 32.4. The van der Waals surface area contributed by atoms with Crippen LogP contribution in [0.5, 0.6) is 0 Å². The number of nitrogens with zero attached hydrogens (tertiary/aromatic N) is 4. The van der Waals surface area contributed by atoms with Crippen molar-refractivity contribution in [1.29, 1.82) is 0 Å². The number of nitrogens with one attached hydrogen (secondary N) is 1. The highest BCUT2D eigenvalue weighted by atomic mass is 16.6. The molecule has 25 heteroatoms. The van der Waals surface area contributed by atoms with E-state index in [1.807, 2.05) is 71.9 Å².